The Bertz CT molecular complexity index is 483. The van der Waals surface area contributed by atoms with Gasteiger partial charge >= 0.3 is 6.36 Å². The summed E-state index contributed by atoms with van der Waals surface area (Å²) in [7, 11) is 0. The van der Waals surface area contributed by atoms with Gasteiger partial charge in [-0.2, -0.15) is 5.26 Å². The molecule has 0 saturated carbocycles. The summed E-state index contributed by atoms with van der Waals surface area (Å²) in [5.41, 5.74) is -1.42. The minimum Gasteiger partial charge on any atom is -0.405 e. The molecule has 0 N–H and O–H groups in total. The quantitative estimate of drug-likeness (QED) is 0.459. The Hall–Kier alpha value is -1.18. The molecule has 0 aromatic carbocycles. The van der Waals surface area contributed by atoms with Crippen molar-refractivity contribution in [3.8, 4) is 11.8 Å². The van der Waals surface area contributed by atoms with Gasteiger partial charge in [-0.05, 0) is 22.6 Å². The van der Waals surface area contributed by atoms with E-state index in [4.69, 9.17) is 5.26 Å². The van der Waals surface area contributed by atoms with E-state index >= 15 is 0 Å². The molecule has 18 heavy (non-hydrogen) atoms. The number of ether oxygens (including phenoxy) is 1. The molecule has 0 bridgehead atoms. The van der Waals surface area contributed by atoms with Crippen LogP contribution in [0.1, 0.15) is 17.7 Å². The molecule has 1 heterocycles. The minimum atomic E-state index is -5.09. The standard InChI is InChI=1S/C9H4F5IN2O/c10-8(11)7-4(1-2-16)17-6(15)3-5(7)18-9(12,13)14/h3,8H,1H2. The molecule has 1 aromatic heterocycles. The molecule has 0 saturated heterocycles. The van der Waals surface area contributed by atoms with Gasteiger partial charge in [-0.25, -0.2) is 13.8 Å². The highest BCUT2D eigenvalue weighted by molar-refractivity contribution is 14.1. The van der Waals surface area contributed by atoms with E-state index in [-0.39, 0.29) is 3.70 Å². The van der Waals surface area contributed by atoms with Gasteiger partial charge in [-0.3, -0.25) is 0 Å². The Balaban J connectivity index is 3.35. The van der Waals surface area contributed by atoms with Crippen LogP contribution in [0.2, 0.25) is 0 Å². The van der Waals surface area contributed by atoms with Crippen LogP contribution in [0.3, 0.4) is 0 Å². The highest BCUT2D eigenvalue weighted by atomic mass is 127. The zero-order valence-corrected chi connectivity index (χ0v) is 10.6. The van der Waals surface area contributed by atoms with Crippen LogP contribution in [0.5, 0.6) is 5.75 Å². The Labute approximate surface area is 112 Å². The van der Waals surface area contributed by atoms with Gasteiger partial charge in [0.2, 0.25) is 0 Å². The maximum absolute atomic E-state index is 12.7. The third kappa shape index (κ3) is 3.94. The molecule has 0 radical (unpaired) electrons. The average Bonchev–Trinajstić information content (AvgIpc) is 2.13. The molecule has 9 heteroatoms. The fraction of sp³-hybridized carbons (Fsp3) is 0.333. The monoisotopic (exact) mass is 378 g/mol. The number of alkyl halides is 5. The number of nitriles is 1. The summed E-state index contributed by atoms with van der Waals surface area (Å²) in [6.07, 6.45) is -8.82. The van der Waals surface area contributed by atoms with Crippen LogP contribution in [-0.2, 0) is 6.42 Å². The van der Waals surface area contributed by atoms with Gasteiger partial charge in [0.1, 0.15) is 9.45 Å². The van der Waals surface area contributed by atoms with Crippen molar-refractivity contribution in [1.29, 1.82) is 5.26 Å². The van der Waals surface area contributed by atoms with Crippen molar-refractivity contribution in [2.75, 3.05) is 0 Å². The maximum Gasteiger partial charge on any atom is 0.573 e. The lowest BCUT2D eigenvalue weighted by Crippen LogP contribution is -2.19. The highest BCUT2D eigenvalue weighted by Gasteiger charge is 2.34. The maximum atomic E-state index is 12.7. The molecule has 0 aliphatic carbocycles. The van der Waals surface area contributed by atoms with Crippen LogP contribution in [0.4, 0.5) is 22.0 Å². The predicted octanol–water partition coefficient (Wildman–Crippen LogP) is 3.59. The molecular formula is C9H4F5IN2O. The van der Waals surface area contributed by atoms with Gasteiger partial charge in [0.15, 0.2) is 0 Å². The minimum absolute atomic E-state index is 0.0292. The van der Waals surface area contributed by atoms with E-state index in [0.717, 1.165) is 6.07 Å². The van der Waals surface area contributed by atoms with Crippen molar-refractivity contribution in [1.82, 2.24) is 4.98 Å². The fourth-order valence-corrected chi connectivity index (χ4v) is 1.78. The molecule has 1 aromatic rings. The van der Waals surface area contributed by atoms with Crippen molar-refractivity contribution in [3.63, 3.8) is 0 Å². The first-order chi connectivity index (χ1) is 8.24. The van der Waals surface area contributed by atoms with Crippen LogP contribution in [0, 0.1) is 15.0 Å². The molecule has 1 rings (SSSR count). The van der Waals surface area contributed by atoms with Gasteiger partial charge in [0.05, 0.1) is 23.7 Å². The second kappa shape index (κ2) is 5.64. The van der Waals surface area contributed by atoms with Gasteiger partial charge in [-0.15, -0.1) is 13.2 Å². The second-order valence-electron chi connectivity index (χ2n) is 2.99. The molecule has 0 fully saturated rings. The summed E-state index contributed by atoms with van der Waals surface area (Å²) in [6.45, 7) is 0. The van der Waals surface area contributed by atoms with E-state index in [9.17, 15) is 22.0 Å². The van der Waals surface area contributed by atoms with Gasteiger partial charge in [0.25, 0.3) is 6.43 Å². The summed E-state index contributed by atoms with van der Waals surface area (Å²) in [6, 6.07) is 2.31. The second-order valence-corrected chi connectivity index (χ2v) is 4.09. The smallest absolute Gasteiger partial charge is 0.405 e. The molecule has 0 aliphatic rings. The number of rotatable bonds is 3. The van der Waals surface area contributed by atoms with Crippen molar-refractivity contribution in [2.24, 2.45) is 0 Å². The largest absolute Gasteiger partial charge is 0.573 e. The molecule has 0 atom stereocenters. The van der Waals surface area contributed by atoms with Crippen molar-refractivity contribution in [3.05, 3.63) is 21.0 Å². The van der Waals surface area contributed by atoms with Crippen molar-refractivity contribution < 1.29 is 26.7 Å². The van der Waals surface area contributed by atoms with E-state index in [2.05, 4.69) is 9.72 Å². The topological polar surface area (TPSA) is 45.9 Å². The van der Waals surface area contributed by atoms with E-state index in [1.54, 1.807) is 28.7 Å². The summed E-state index contributed by atoms with van der Waals surface area (Å²) < 4.78 is 65.2. The summed E-state index contributed by atoms with van der Waals surface area (Å²) in [4.78, 5) is 3.61. The normalized spacial score (nSPS) is 11.4. The zero-order chi connectivity index (χ0) is 13.9. The first kappa shape index (κ1) is 14.9. The third-order valence-corrected chi connectivity index (χ3v) is 2.31. The molecule has 0 amide bonds. The van der Waals surface area contributed by atoms with Crippen LogP contribution >= 0.6 is 22.6 Å². The fourth-order valence-electron chi connectivity index (χ4n) is 1.20. The van der Waals surface area contributed by atoms with Gasteiger partial charge < -0.3 is 4.74 Å². The zero-order valence-electron chi connectivity index (χ0n) is 8.43. The van der Waals surface area contributed by atoms with Crippen molar-refractivity contribution >= 4 is 22.6 Å². The lowest BCUT2D eigenvalue weighted by atomic mass is 10.1. The Morgan fingerprint density at radius 2 is 2.06 bits per heavy atom. The molecule has 0 aliphatic heterocycles. The predicted molar refractivity (Wildman–Crippen MR) is 57.9 cm³/mol. The number of aromatic nitrogens is 1. The van der Waals surface area contributed by atoms with E-state index < -0.39 is 36.2 Å². The number of halogens is 6. The molecule has 0 spiro atoms. The lowest BCUT2D eigenvalue weighted by Gasteiger charge is -2.15. The van der Waals surface area contributed by atoms with E-state index in [1.165, 1.54) is 0 Å². The number of pyridine rings is 1. The van der Waals surface area contributed by atoms with Crippen molar-refractivity contribution in [2.45, 2.75) is 19.2 Å². The average molecular weight is 378 g/mol. The highest BCUT2D eigenvalue weighted by Crippen LogP contribution is 2.35. The van der Waals surface area contributed by atoms with Crippen LogP contribution < -0.4 is 4.74 Å². The van der Waals surface area contributed by atoms with Gasteiger partial charge in [-0.1, -0.05) is 0 Å². The Morgan fingerprint density at radius 3 is 2.50 bits per heavy atom. The van der Waals surface area contributed by atoms with Crippen LogP contribution in [-0.4, -0.2) is 11.3 Å². The Morgan fingerprint density at radius 1 is 1.44 bits per heavy atom. The third-order valence-electron chi connectivity index (χ3n) is 1.76. The molecular weight excluding hydrogens is 374 g/mol. The van der Waals surface area contributed by atoms with Crippen LogP contribution in [0.15, 0.2) is 6.07 Å². The summed E-state index contributed by atoms with van der Waals surface area (Å²) in [5.74, 6) is -1.03. The van der Waals surface area contributed by atoms with Crippen LogP contribution in [0.25, 0.3) is 0 Å². The lowest BCUT2D eigenvalue weighted by molar-refractivity contribution is -0.275. The first-order valence-corrected chi connectivity index (χ1v) is 5.42. The first-order valence-electron chi connectivity index (χ1n) is 4.34. The number of hydrogen-bond donors (Lipinski definition) is 0. The number of hydrogen-bond acceptors (Lipinski definition) is 3. The Kier molecular flexibility index (Phi) is 4.66. The van der Waals surface area contributed by atoms with E-state index in [1.807, 2.05) is 0 Å². The molecule has 98 valence electrons. The SMILES string of the molecule is N#CCc1nc(I)cc(OC(F)(F)F)c1C(F)F. The number of nitrogens with zero attached hydrogens (tertiary/aromatic N) is 2. The molecule has 3 nitrogen and oxygen atoms in total. The summed E-state index contributed by atoms with van der Waals surface area (Å²) in [5, 5.41) is 8.44. The summed E-state index contributed by atoms with van der Waals surface area (Å²) >= 11 is 1.55. The molecule has 0 unspecified atom stereocenters. The van der Waals surface area contributed by atoms with Gasteiger partial charge in [0, 0.05) is 6.07 Å². The van der Waals surface area contributed by atoms with E-state index in [0.29, 0.717) is 0 Å².